The van der Waals surface area contributed by atoms with Gasteiger partial charge in [0.1, 0.15) is 5.75 Å². The molecule has 0 fully saturated rings. The summed E-state index contributed by atoms with van der Waals surface area (Å²) in [7, 11) is 0. The van der Waals surface area contributed by atoms with Gasteiger partial charge in [-0.05, 0) is 30.7 Å². The molecule has 2 heterocycles. The number of carbonyl (C=O) groups excluding carboxylic acids is 1. The summed E-state index contributed by atoms with van der Waals surface area (Å²) in [6.45, 7) is 5.75. The first-order chi connectivity index (χ1) is 9.72. The molecular weight excluding hydrogens is 250 g/mol. The van der Waals surface area contributed by atoms with Crippen molar-refractivity contribution in [2.75, 3.05) is 0 Å². The molecule has 0 amide bonds. The zero-order chi connectivity index (χ0) is 14.2. The highest BCUT2D eigenvalue weighted by molar-refractivity contribution is 6.03. The molecule has 1 aliphatic heterocycles. The number of para-hydroxylation sites is 2. The van der Waals surface area contributed by atoms with Crippen molar-refractivity contribution in [3.8, 4) is 11.4 Å². The number of Topliss-reactive ketones (excluding diaryl/α,β-unsaturated/α-hetero) is 1. The summed E-state index contributed by atoms with van der Waals surface area (Å²) in [5.41, 5.74) is 0.712. The fraction of sp³-hybridized carbons (Fsp3) is 0.235. The number of nitrogens with zero attached hydrogens (tertiary/aromatic N) is 1. The number of ketones is 1. The fourth-order valence-corrected chi connectivity index (χ4v) is 2.75. The number of hydrogen-bond donors (Lipinski definition) is 0. The lowest BCUT2D eigenvalue weighted by atomic mass is 9.89. The van der Waals surface area contributed by atoms with Crippen molar-refractivity contribution in [3.63, 3.8) is 0 Å². The first kappa shape index (κ1) is 12.7. The second-order valence-corrected chi connectivity index (χ2v) is 5.00. The Kier molecular flexibility index (Phi) is 2.97. The van der Waals surface area contributed by atoms with Crippen molar-refractivity contribution >= 4 is 5.78 Å². The number of fused-ring (bicyclic) bond motifs is 3. The van der Waals surface area contributed by atoms with E-state index >= 15 is 0 Å². The second kappa shape index (κ2) is 4.67. The van der Waals surface area contributed by atoms with Crippen LogP contribution in [0.4, 0.5) is 0 Å². The third-order valence-electron chi connectivity index (χ3n) is 3.87. The molecule has 102 valence electrons. The average Bonchev–Trinajstić information content (AvgIpc) is 2.92. The summed E-state index contributed by atoms with van der Waals surface area (Å²) in [5.74, 6) is 0.751. The maximum absolute atomic E-state index is 12.9. The van der Waals surface area contributed by atoms with Gasteiger partial charge in [0.25, 0.3) is 0 Å². The molecule has 3 heteroatoms. The van der Waals surface area contributed by atoms with E-state index in [0.29, 0.717) is 18.5 Å². The van der Waals surface area contributed by atoms with E-state index in [4.69, 9.17) is 4.74 Å². The maximum Gasteiger partial charge on any atom is 0.223 e. The van der Waals surface area contributed by atoms with E-state index in [1.165, 1.54) is 0 Å². The lowest BCUT2D eigenvalue weighted by molar-refractivity contribution is 0.0450. The summed E-state index contributed by atoms with van der Waals surface area (Å²) in [5, 5.41) is 0. The quantitative estimate of drug-likeness (QED) is 0.792. The van der Waals surface area contributed by atoms with Gasteiger partial charge in [0.15, 0.2) is 5.60 Å². The molecule has 1 aromatic carbocycles. The summed E-state index contributed by atoms with van der Waals surface area (Å²) in [4.78, 5) is 12.9. The average molecular weight is 267 g/mol. The molecule has 1 aliphatic rings. The van der Waals surface area contributed by atoms with E-state index in [-0.39, 0.29) is 5.78 Å². The third-order valence-corrected chi connectivity index (χ3v) is 3.87. The molecular formula is C17H17NO2. The molecule has 3 nitrogen and oxygen atoms in total. The topological polar surface area (TPSA) is 31.2 Å². The number of hydrogen-bond acceptors (Lipinski definition) is 2. The van der Waals surface area contributed by atoms with Gasteiger partial charge in [-0.1, -0.05) is 25.1 Å². The van der Waals surface area contributed by atoms with Crippen molar-refractivity contribution < 1.29 is 9.53 Å². The highest BCUT2D eigenvalue weighted by atomic mass is 16.5. The van der Waals surface area contributed by atoms with Crippen LogP contribution in [-0.4, -0.2) is 16.0 Å². The standard InChI is InChI=1S/C17H17NO2/c1-3-11-17(4-2)16(19)14-9-7-12-18(14)13-8-5-6-10-15(13)20-17/h3,5-10,12H,1,4,11H2,2H3/t17-/m1/s1. The van der Waals surface area contributed by atoms with Gasteiger partial charge in [-0.2, -0.15) is 0 Å². The molecule has 0 unspecified atom stereocenters. The molecule has 0 radical (unpaired) electrons. The van der Waals surface area contributed by atoms with Crippen molar-refractivity contribution in [2.24, 2.45) is 0 Å². The predicted molar refractivity (Wildman–Crippen MR) is 78.6 cm³/mol. The van der Waals surface area contributed by atoms with E-state index in [1.807, 2.05) is 54.1 Å². The van der Waals surface area contributed by atoms with Crippen LogP contribution in [0.5, 0.6) is 5.75 Å². The second-order valence-electron chi connectivity index (χ2n) is 5.00. The number of benzene rings is 1. The van der Waals surface area contributed by atoms with E-state index in [2.05, 4.69) is 6.58 Å². The monoisotopic (exact) mass is 267 g/mol. The number of rotatable bonds is 3. The molecule has 0 bridgehead atoms. The Bertz CT molecular complexity index is 671. The van der Waals surface area contributed by atoms with E-state index in [0.717, 1.165) is 11.4 Å². The van der Waals surface area contributed by atoms with Gasteiger partial charge in [0.05, 0.1) is 11.4 Å². The zero-order valence-corrected chi connectivity index (χ0v) is 11.5. The molecule has 0 spiro atoms. The van der Waals surface area contributed by atoms with Gasteiger partial charge in [-0.25, -0.2) is 0 Å². The summed E-state index contributed by atoms with van der Waals surface area (Å²) in [6.07, 6.45) is 4.76. The van der Waals surface area contributed by atoms with Gasteiger partial charge in [-0.3, -0.25) is 4.79 Å². The first-order valence-electron chi connectivity index (χ1n) is 6.83. The highest BCUT2D eigenvalue weighted by Crippen LogP contribution is 2.37. The SMILES string of the molecule is C=CC[C@@]1(CC)Oc2ccccc2-n2cccc2C1=O. The normalized spacial score (nSPS) is 20.6. The first-order valence-corrected chi connectivity index (χ1v) is 6.83. The third kappa shape index (κ3) is 1.70. The Morgan fingerprint density at radius 1 is 1.30 bits per heavy atom. The number of aromatic nitrogens is 1. The highest BCUT2D eigenvalue weighted by Gasteiger charge is 2.42. The van der Waals surface area contributed by atoms with Crippen molar-refractivity contribution in [2.45, 2.75) is 25.4 Å². The zero-order valence-electron chi connectivity index (χ0n) is 11.5. The molecule has 3 rings (SSSR count). The van der Waals surface area contributed by atoms with Crippen molar-refractivity contribution in [3.05, 3.63) is 60.9 Å². The Balaban J connectivity index is 2.27. The van der Waals surface area contributed by atoms with E-state index in [9.17, 15) is 4.79 Å². The van der Waals surface area contributed by atoms with Gasteiger partial charge in [-0.15, -0.1) is 6.58 Å². The van der Waals surface area contributed by atoms with Gasteiger partial charge < -0.3 is 9.30 Å². The summed E-state index contributed by atoms with van der Waals surface area (Å²) >= 11 is 0. The smallest absolute Gasteiger partial charge is 0.223 e. The molecule has 1 aromatic heterocycles. The Hall–Kier alpha value is -2.29. The van der Waals surface area contributed by atoms with E-state index < -0.39 is 5.60 Å². The lowest BCUT2D eigenvalue weighted by Gasteiger charge is -2.29. The largest absolute Gasteiger partial charge is 0.477 e. The van der Waals surface area contributed by atoms with Crippen LogP contribution in [0.2, 0.25) is 0 Å². The number of ether oxygens (including phenoxy) is 1. The van der Waals surface area contributed by atoms with E-state index in [1.54, 1.807) is 6.08 Å². The molecule has 0 saturated heterocycles. The Morgan fingerprint density at radius 2 is 2.10 bits per heavy atom. The fourth-order valence-electron chi connectivity index (χ4n) is 2.75. The van der Waals surface area contributed by atoms with Gasteiger partial charge >= 0.3 is 0 Å². The van der Waals surface area contributed by atoms with Crippen LogP contribution in [0.1, 0.15) is 30.3 Å². The summed E-state index contributed by atoms with van der Waals surface area (Å²) < 4.78 is 8.05. The van der Waals surface area contributed by atoms with Crippen LogP contribution >= 0.6 is 0 Å². The van der Waals surface area contributed by atoms with Crippen LogP contribution in [-0.2, 0) is 0 Å². The van der Waals surface area contributed by atoms with Gasteiger partial charge in [0.2, 0.25) is 5.78 Å². The minimum atomic E-state index is -0.857. The maximum atomic E-state index is 12.9. The van der Waals surface area contributed by atoms with Crippen LogP contribution in [0.3, 0.4) is 0 Å². The molecule has 2 aromatic rings. The molecule has 0 aliphatic carbocycles. The van der Waals surface area contributed by atoms with Crippen LogP contribution in [0.25, 0.3) is 5.69 Å². The van der Waals surface area contributed by atoms with Crippen LogP contribution in [0, 0.1) is 0 Å². The van der Waals surface area contributed by atoms with Gasteiger partial charge in [0, 0.05) is 12.6 Å². The minimum Gasteiger partial charge on any atom is -0.477 e. The Morgan fingerprint density at radius 3 is 2.85 bits per heavy atom. The van der Waals surface area contributed by atoms with Crippen molar-refractivity contribution in [1.82, 2.24) is 4.57 Å². The van der Waals surface area contributed by atoms with Crippen LogP contribution in [0.15, 0.2) is 55.3 Å². The predicted octanol–water partition coefficient (Wildman–Crippen LogP) is 3.78. The number of carbonyl (C=O) groups is 1. The molecule has 1 atom stereocenters. The van der Waals surface area contributed by atoms with Crippen LogP contribution < -0.4 is 4.74 Å². The molecule has 20 heavy (non-hydrogen) atoms. The minimum absolute atomic E-state index is 0.0149. The summed E-state index contributed by atoms with van der Waals surface area (Å²) in [6, 6.07) is 11.5. The Labute approximate surface area is 118 Å². The molecule has 0 saturated carbocycles. The lowest BCUT2D eigenvalue weighted by Crippen LogP contribution is -2.43. The van der Waals surface area contributed by atoms with Crippen molar-refractivity contribution in [1.29, 1.82) is 0 Å². The molecule has 0 N–H and O–H groups in total.